The number of hydrogen-bond acceptors (Lipinski definition) is 0. The molecule has 0 unspecified atom stereocenters. The minimum Gasteiger partial charge on any atom is -0.232 e. The van der Waals surface area contributed by atoms with Crippen molar-refractivity contribution in [1.29, 1.82) is 0 Å². The lowest BCUT2D eigenvalue weighted by Gasteiger charge is -1.88. The van der Waals surface area contributed by atoms with Gasteiger partial charge in [0.2, 0.25) is 0 Å². The maximum absolute atomic E-state index is 9.75. The highest BCUT2D eigenvalue weighted by Gasteiger charge is 1.79. The monoisotopic (exact) mass is 99.1 g/mol. The van der Waals surface area contributed by atoms with Crippen molar-refractivity contribution in [2.45, 2.75) is 13.8 Å². The molecule has 0 aromatic carbocycles. The van der Waals surface area contributed by atoms with Crippen LogP contribution < -0.4 is 0 Å². The fraction of sp³-hybridized carbons (Fsp3) is 0.667. The minimum absolute atomic E-state index is 0.0851. The largest absolute Gasteiger partial charge is 0.232 e. The first-order chi connectivity index (χ1) is 3.27. The van der Waals surface area contributed by atoms with Gasteiger partial charge in [-0.2, -0.15) is 0 Å². The third-order valence-electron chi connectivity index (χ3n) is 0.617. The van der Waals surface area contributed by atoms with E-state index < -0.39 is 0 Å². The van der Waals surface area contributed by atoms with Gasteiger partial charge >= 0.3 is 0 Å². The highest BCUT2D eigenvalue weighted by molar-refractivity contribution is 4.83. The Morgan fingerprint density at radius 1 is 1.57 bits per heavy atom. The summed E-state index contributed by atoms with van der Waals surface area (Å²) in [5.74, 6) is 0.522. The second kappa shape index (κ2) is 3.88. The highest BCUT2D eigenvalue weighted by Crippen LogP contribution is 1.91. The van der Waals surface area contributed by atoms with E-state index in [-0.39, 0.29) is 6.61 Å². The second-order valence-corrected chi connectivity index (χ2v) is 1.84. The molecule has 0 bridgehead atoms. The summed E-state index contributed by atoms with van der Waals surface area (Å²) in [5, 5.41) is 9.75. The third kappa shape index (κ3) is 5.70. The Morgan fingerprint density at radius 2 is 2.14 bits per heavy atom. The van der Waals surface area contributed by atoms with Gasteiger partial charge in [-0.05, 0) is 5.92 Å². The summed E-state index contributed by atoms with van der Waals surface area (Å²) < 4.78 is 0. The summed E-state index contributed by atoms with van der Waals surface area (Å²) in [5.41, 5.74) is 0. The standard InChI is InChI=1S/C6H11O/c1-6(2)4-3-5-7/h3-4,6H,5H2,1-2H3. The molecule has 0 aromatic rings. The minimum atomic E-state index is -0.0851. The van der Waals surface area contributed by atoms with E-state index in [1.807, 2.05) is 19.9 Å². The molecule has 1 nitrogen and oxygen atoms in total. The van der Waals surface area contributed by atoms with Crippen molar-refractivity contribution in [3.05, 3.63) is 12.2 Å². The molecule has 0 saturated heterocycles. The molecule has 0 spiro atoms. The molecular formula is C6H11O. The van der Waals surface area contributed by atoms with Crippen molar-refractivity contribution in [2.24, 2.45) is 5.92 Å². The van der Waals surface area contributed by atoms with E-state index in [0.29, 0.717) is 5.92 Å². The lowest BCUT2D eigenvalue weighted by Crippen LogP contribution is -1.77. The highest BCUT2D eigenvalue weighted by atomic mass is 16.2. The van der Waals surface area contributed by atoms with Crippen molar-refractivity contribution < 1.29 is 5.11 Å². The van der Waals surface area contributed by atoms with Crippen LogP contribution >= 0.6 is 0 Å². The molecule has 0 N–H and O–H groups in total. The molecular weight excluding hydrogens is 88.1 g/mol. The van der Waals surface area contributed by atoms with Crippen LogP contribution in [0.5, 0.6) is 0 Å². The molecule has 7 heavy (non-hydrogen) atoms. The predicted molar refractivity (Wildman–Crippen MR) is 29.5 cm³/mol. The summed E-state index contributed by atoms with van der Waals surface area (Å²) in [6.07, 6.45) is 3.55. The smallest absolute Gasteiger partial charge is 0.100 e. The fourth-order valence-electron chi connectivity index (χ4n) is 0.328. The first-order valence-corrected chi connectivity index (χ1v) is 2.52. The van der Waals surface area contributed by atoms with Crippen molar-refractivity contribution >= 4 is 0 Å². The van der Waals surface area contributed by atoms with Gasteiger partial charge in [-0.3, -0.25) is 0 Å². The van der Waals surface area contributed by atoms with Crippen LogP contribution in [0.25, 0.3) is 0 Å². The van der Waals surface area contributed by atoms with Crippen molar-refractivity contribution in [3.8, 4) is 0 Å². The molecule has 0 amide bonds. The Kier molecular flexibility index (Phi) is 3.71. The summed E-state index contributed by atoms with van der Waals surface area (Å²) >= 11 is 0. The van der Waals surface area contributed by atoms with Gasteiger partial charge in [-0.25, -0.2) is 5.11 Å². The first-order valence-electron chi connectivity index (χ1n) is 2.52. The molecule has 0 atom stereocenters. The quantitative estimate of drug-likeness (QED) is 0.469. The second-order valence-electron chi connectivity index (χ2n) is 1.84. The summed E-state index contributed by atoms with van der Waals surface area (Å²) in [6, 6.07) is 0. The maximum atomic E-state index is 9.75. The van der Waals surface area contributed by atoms with Crippen LogP contribution in [0.1, 0.15) is 13.8 Å². The zero-order chi connectivity index (χ0) is 5.70. The van der Waals surface area contributed by atoms with E-state index in [0.717, 1.165) is 0 Å². The normalized spacial score (nSPS) is 11.4. The van der Waals surface area contributed by atoms with Crippen LogP contribution in [0, 0.1) is 5.92 Å². The van der Waals surface area contributed by atoms with Gasteiger partial charge in [0.15, 0.2) is 0 Å². The average molecular weight is 99.2 g/mol. The zero-order valence-electron chi connectivity index (χ0n) is 4.85. The average Bonchev–Trinajstić information content (AvgIpc) is 1.61. The SMILES string of the molecule is CC(C)C=CC[O]. The van der Waals surface area contributed by atoms with Gasteiger partial charge in [0.1, 0.15) is 6.61 Å². The fourth-order valence-corrected chi connectivity index (χ4v) is 0.328. The molecule has 0 aliphatic heterocycles. The van der Waals surface area contributed by atoms with Gasteiger partial charge in [0.25, 0.3) is 0 Å². The van der Waals surface area contributed by atoms with Crippen molar-refractivity contribution in [1.82, 2.24) is 0 Å². The van der Waals surface area contributed by atoms with E-state index in [4.69, 9.17) is 0 Å². The van der Waals surface area contributed by atoms with Gasteiger partial charge in [-0.1, -0.05) is 26.0 Å². The van der Waals surface area contributed by atoms with Crippen LogP contribution in [0.3, 0.4) is 0 Å². The third-order valence-corrected chi connectivity index (χ3v) is 0.617. The molecule has 41 valence electrons. The maximum Gasteiger partial charge on any atom is 0.100 e. The Morgan fingerprint density at radius 3 is 2.29 bits per heavy atom. The number of allylic oxidation sites excluding steroid dienone is 1. The predicted octanol–water partition coefficient (Wildman–Crippen LogP) is 1.63. The van der Waals surface area contributed by atoms with E-state index in [1.54, 1.807) is 6.08 Å². The molecule has 0 saturated carbocycles. The van der Waals surface area contributed by atoms with Crippen LogP contribution in [-0.4, -0.2) is 6.61 Å². The van der Waals surface area contributed by atoms with Crippen LogP contribution in [0.15, 0.2) is 12.2 Å². The first kappa shape index (κ1) is 6.70. The van der Waals surface area contributed by atoms with E-state index in [1.165, 1.54) is 0 Å². The zero-order valence-corrected chi connectivity index (χ0v) is 4.85. The lowest BCUT2D eigenvalue weighted by molar-refractivity contribution is 0.232. The Bertz CT molecular complexity index is 55.2. The van der Waals surface area contributed by atoms with E-state index in [2.05, 4.69) is 0 Å². The molecule has 0 aromatic heterocycles. The molecule has 1 radical (unpaired) electrons. The van der Waals surface area contributed by atoms with Crippen LogP contribution in [0.4, 0.5) is 0 Å². The molecule has 0 heterocycles. The molecule has 1 heteroatoms. The summed E-state index contributed by atoms with van der Waals surface area (Å²) in [4.78, 5) is 0. The Balaban J connectivity index is 3.08. The van der Waals surface area contributed by atoms with E-state index in [9.17, 15) is 5.11 Å². The van der Waals surface area contributed by atoms with Gasteiger partial charge in [0.05, 0.1) is 0 Å². The summed E-state index contributed by atoms with van der Waals surface area (Å²) in [7, 11) is 0. The van der Waals surface area contributed by atoms with Crippen LogP contribution in [-0.2, 0) is 5.11 Å². The molecule has 0 aliphatic carbocycles. The van der Waals surface area contributed by atoms with Gasteiger partial charge < -0.3 is 0 Å². The van der Waals surface area contributed by atoms with Gasteiger partial charge in [-0.15, -0.1) is 0 Å². The summed E-state index contributed by atoms with van der Waals surface area (Å²) in [6.45, 7) is 4.01. The van der Waals surface area contributed by atoms with Gasteiger partial charge in [0, 0.05) is 0 Å². The Labute approximate surface area is 44.7 Å². The molecule has 0 aliphatic rings. The topological polar surface area (TPSA) is 19.9 Å². The number of rotatable bonds is 2. The molecule has 0 rings (SSSR count). The lowest BCUT2D eigenvalue weighted by atomic mass is 10.2. The molecule has 0 fully saturated rings. The van der Waals surface area contributed by atoms with Crippen molar-refractivity contribution in [2.75, 3.05) is 6.61 Å². The van der Waals surface area contributed by atoms with E-state index >= 15 is 0 Å². The number of hydrogen-bond donors (Lipinski definition) is 0. The Hall–Kier alpha value is -0.300. The van der Waals surface area contributed by atoms with Crippen LogP contribution in [0.2, 0.25) is 0 Å². The van der Waals surface area contributed by atoms with Crippen molar-refractivity contribution in [3.63, 3.8) is 0 Å².